The number of hydrogen-bond acceptors (Lipinski definition) is 4. The van der Waals surface area contributed by atoms with E-state index in [0.29, 0.717) is 18.8 Å². The van der Waals surface area contributed by atoms with Crippen LogP contribution in [0.1, 0.15) is 35.6 Å². The third-order valence-electron chi connectivity index (χ3n) is 4.97. The van der Waals surface area contributed by atoms with Gasteiger partial charge in [-0.3, -0.25) is 14.5 Å². The SMILES string of the molecule is CCn1nccc1C(=O)N1CCC(n2c(C)cnc2-c2ccncc2)C1. The van der Waals surface area contributed by atoms with Gasteiger partial charge in [-0.05, 0) is 38.5 Å². The summed E-state index contributed by atoms with van der Waals surface area (Å²) in [5.41, 5.74) is 2.81. The third kappa shape index (κ3) is 2.79. The summed E-state index contributed by atoms with van der Waals surface area (Å²) in [5.74, 6) is 0.984. The molecule has 7 nitrogen and oxygen atoms in total. The van der Waals surface area contributed by atoms with Crippen LogP contribution in [0.25, 0.3) is 11.4 Å². The van der Waals surface area contributed by atoms with E-state index in [1.807, 2.05) is 30.2 Å². The average Bonchev–Trinajstić information content (AvgIpc) is 3.40. The number of carbonyl (C=O) groups excluding carboxylic acids is 1. The molecule has 1 unspecified atom stereocenters. The summed E-state index contributed by atoms with van der Waals surface area (Å²) in [6.07, 6.45) is 8.06. The van der Waals surface area contributed by atoms with Crippen molar-refractivity contribution in [3.63, 3.8) is 0 Å². The molecular weight excluding hydrogens is 328 g/mol. The summed E-state index contributed by atoms with van der Waals surface area (Å²) in [6.45, 7) is 6.17. The van der Waals surface area contributed by atoms with Crippen molar-refractivity contribution in [1.82, 2.24) is 29.2 Å². The molecule has 1 atom stereocenters. The van der Waals surface area contributed by atoms with Crippen LogP contribution in [-0.2, 0) is 6.54 Å². The van der Waals surface area contributed by atoms with Crippen molar-refractivity contribution >= 4 is 5.91 Å². The van der Waals surface area contributed by atoms with Crippen molar-refractivity contribution < 1.29 is 4.79 Å². The molecule has 26 heavy (non-hydrogen) atoms. The van der Waals surface area contributed by atoms with Gasteiger partial charge < -0.3 is 9.47 Å². The number of imidazole rings is 1. The van der Waals surface area contributed by atoms with E-state index in [4.69, 9.17) is 0 Å². The number of likely N-dealkylation sites (tertiary alicyclic amines) is 1. The number of nitrogens with zero attached hydrogens (tertiary/aromatic N) is 6. The molecule has 134 valence electrons. The minimum atomic E-state index is 0.0510. The van der Waals surface area contributed by atoms with E-state index in [1.54, 1.807) is 29.3 Å². The van der Waals surface area contributed by atoms with Crippen LogP contribution in [0.15, 0.2) is 43.0 Å². The largest absolute Gasteiger partial charge is 0.335 e. The van der Waals surface area contributed by atoms with Gasteiger partial charge in [-0.1, -0.05) is 0 Å². The number of amides is 1. The summed E-state index contributed by atoms with van der Waals surface area (Å²) >= 11 is 0. The normalized spacial score (nSPS) is 17.0. The maximum atomic E-state index is 12.9. The van der Waals surface area contributed by atoms with Gasteiger partial charge in [-0.25, -0.2) is 4.98 Å². The van der Waals surface area contributed by atoms with E-state index in [0.717, 1.165) is 30.0 Å². The molecule has 0 aliphatic carbocycles. The quantitative estimate of drug-likeness (QED) is 0.725. The molecule has 0 radical (unpaired) electrons. The van der Waals surface area contributed by atoms with Crippen LogP contribution < -0.4 is 0 Å². The lowest BCUT2D eigenvalue weighted by atomic mass is 10.2. The van der Waals surface area contributed by atoms with E-state index in [-0.39, 0.29) is 11.9 Å². The van der Waals surface area contributed by atoms with Crippen LogP contribution in [0.5, 0.6) is 0 Å². The Kier molecular flexibility index (Phi) is 4.28. The molecule has 4 rings (SSSR count). The molecule has 1 amide bonds. The zero-order valence-electron chi connectivity index (χ0n) is 15.0. The first kappa shape index (κ1) is 16.5. The van der Waals surface area contributed by atoms with Gasteiger partial charge in [0.2, 0.25) is 0 Å². The Morgan fingerprint density at radius 1 is 1.23 bits per heavy atom. The molecule has 1 saturated heterocycles. The zero-order chi connectivity index (χ0) is 18.1. The minimum absolute atomic E-state index is 0.0510. The fourth-order valence-corrected chi connectivity index (χ4v) is 3.69. The van der Waals surface area contributed by atoms with Gasteiger partial charge >= 0.3 is 0 Å². The number of carbonyl (C=O) groups is 1. The fourth-order valence-electron chi connectivity index (χ4n) is 3.69. The maximum Gasteiger partial charge on any atom is 0.272 e. The first-order chi connectivity index (χ1) is 12.7. The number of pyridine rings is 1. The lowest BCUT2D eigenvalue weighted by molar-refractivity contribution is 0.0775. The van der Waals surface area contributed by atoms with Gasteiger partial charge in [0.15, 0.2) is 0 Å². The Morgan fingerprint density at radius 3 is 2.81 bits per heavy atom. The minimum Gasteiger partial charge on any atom is -0.335 e. The van der Waals surface area contributed by atoms with Gasteiger partial charge in [0.1, 0.15) is 11.5 Å². The summed E-state index contributed by atoms with van der Waals surface area (Å²) in [7, 11) is 0. The predicted molar refractivity (Wildman–Crippen MR) is 97.7 cm³/mol. The Labute approximate surface area is 152 Å². The number of rotatable bonds is 4. The molecule has 1 fully saturated rings. The molecule has 3 aromatic rings. The fraction of sp³-hybridized carbons (Fsp3) is 0.368. The summed E-state index contributed by atoms with van der Waals surface area (Å²) in [4.78, 5) is 23.5. The van der Waals surface area contributed by atoms with Crippen LogP contribution in [0.2, 0.25) is 0 Å². The van der Waals surface area contributed by atoms with Crippen LogP contribution in [0, 0.1) is 6.92 Å². The van der Waals surface area contributed by atoms with E-state index in [2.05, 4.69) is 26.6 Å². The maximum absolute atomic E-state index is 12.9. The smallest absolute Gasteiger partial charge is 0.272 e. The van der Waals surface area contributed by atoms with E-state index >= 15 is 0 Å². The molecular formula is C19H22N6O. The van der Waals surface area contributed by atoms with Crippen LogP contribution in [0.3, 0.4) is 0 Å². The van der Waals surface area contributed by atoms with Crippen molar-refractivity contribution in [2.45, 2.75) is 32.9 Å². The highest BCUT2D eigenvalue weighted by molar-refractivity contribution is 5.92. The van der Waals surface area contributed by atoms with E-state index < -0.39 is 0 Å². The van der Waals surface area contributed by atoms with Gasteiger partial charge in [0, 0.05) is 55.7 Å². The van der Waals surface area contributed by atoms with E-state index in [1.165, 1.54) is 0 Å². The lowest BCUT2D eigenvalue weighted by Gasteiger charge is -2.20. The second-order valence-electron chi connectivity index (χ2n) is 6.55. The van der Waals surface area contributed by atoms with Gasteiger partial charge in [0.25, 0.3) is 5.91 Å². The van der Waals surface area contributed by atoms with Crippen LogP contribution in [0.4, 0.5) is 0 Å². The number of aromatic nitrogens is 5. The molecule has 1 aliphatic rings. The highest BCUT2D eigenvalue weighted by atomic mass is 16.2. The Balaban J connectivity index is 1.58. The summed E-state index contributed by atoms with van der Waals surface area (Å²) < 4.78 is 4.00. The summed E-state index contributed by atoms with van der Waals surface area (Å²) in [6, 6.07) is 5.96. The Morgan fingerprint density at radius 2 is 2.04 bits per heavy atom. The zero-order valence-corrected chi connectivity index (χ0v) is 15.0. The van der Waals surface area contributed by atoms with Gasteiger partial charge in [-0.15, -0.1) is 0 Å². The van der Waals surface area contributed by atoms with Crippen molar-refractivity contribution in [3.8, 4) is 11.4 Å². The van der Waals surface area contributed by atoms with Crippen molar-refractivity contribution in [1.29, 1.82) is 0 Å². The average molecular weight is 350 g/mol. The number of aryl methyl sites for hydroxylation is 2. The first-order valence-corrected chi connectivity index (χ1v) is 8.94. The first-order valence-electron chi connectivity index (χ1n) is 8.94. The molecule has 0 bridgehead atoms. The molecule has 0 aromatic carbocycles. The predicted octanol–water partition coefficient (Wildman–Crippen LogP) is 2.56. The van der Waals surface area contributed by atoms with Gasteiger partial charge in [-0.2, -0.15) is 5.10 Å². The highest BCUT2D eigenvalue weighted by Crippen LogP contribution is 2.30. The van der Waals surface area contributed by atoms with Gasteiger partial charge in [0.05, 0.1) is 6.04 Å². The van der Waals surface area contributed by atoms with Crippen molar-refractivity contribution in [2.24, 2.45) is 0 Å². The standard InChI is InChI=1S/C19H22N6O/c1-3-24-17(6-10-22-24)19(26)23-11-7-16(13-23)25-14(2)12-21-18(25)15-4-8-20-9-5-15/h4-6,8-10,12,16H,3,7,11,13H2,1-2H3. The van der Waals surface area contributed by atoms with Crippen molar-refractivity contribution in [3.05, 3.63) is 54.4 Å². The second-order valence-corrected chi connectivity index (χ2v) is 6.55. The summed E-state index contributed by atoms with van der Waals surface area (Å²) in [5, 5.41) is 4.21. The van der Waals surface area contributed by atoms with Crippen LogP contribution >= 0.6 is 0 Å². The van der Waals surface area contributed by atoms with E-state index in [9.17, 15) is 4.79 Å². The molecule has 0 saturated carbocycles. The Hall–Kier alpha value is -2.96. The molecule has 1 aliphatic heterocycles. The molecule has 0 spiro atoms. The van der Waals surface area contributed by atoms with Crippen molar-refractivity contribution in [2.75, 3.05) is 13.1 Å². The second kappa shape index (κ2) is 6.74. The third-order valence-corrected chi connectivity index (χ3v) is 4.97. The molecule has 4 heterocycles. The molecule has 7 heteroatoms. The topological polar surface area (TPSA) is 68.8 Å². The lowest BCUT2D eigenvalue weighted by Crippen LogP contribution is -2.31. The number of hydrogen-bond donors (Lipinski definition) is 0. The highest BCUT2D eigenvalue weighted by Gasteiger charge is 2.31. The van der Waals surface area contributed by atoms with Crippen LogP contribution in [-0.4, -0.2) is 48.2 Å². The molecule has 0 N–H and O–H groups in total. The Bertz CT molecular complexity index is 913. The molecule has 3 aromatic heterocycles. The monoisotopic (exact) mass is 350 g/mol.